The first kappa shape index (κ1) is 36.7. The molecule has 0 saturated carbocycles. The van der Waals surface area contributed by atoms with Gasteiger partial charge in [-0.15, -0.1) is 12.4 Å². The summed E-state index contributed by atoms with van der Waals surface area (Å²) >= 11 is 18.8. The first-order valence-electron chi connectivity index (χ1n) is 14.6. The Kier molecular flexibility index (Phi) is 14.2. The molecule has 4 rings (SSSR count). The van der Waals surface area contributed by atoms with Crippen LogP contribution in [0.1, 0.15) is 42.7 Å². The molecule has 2 N–H and O–H groups in total. The Bertz CT molecular complexity index is 1640. The third-order valence-electron chi connectivity index (χ3n) is 7.69. The molecule has 0 radical (unpaired) electrons. The first-order chi connectivity index (χ1) is 21.7. The fourth-order valence-corrected chi connectivity index (χ4v) is 5.44. The molecule has 2 atom stereocenters. The van der Waals surface area contributed by atoms with Gasteiger partial charge in [-0.3, -0.25) is 4.79 Å². The summed E-state index contributed by atoms with van der Waals surface area (Å²) in [5.74, 6) is 0.780. The fourth-order valence-electron chi connectivity index (χ4n) is 4.80. The van der Waals surface area contributed by atoms with Gasteiger partial charge >= 0.3 is 0 Å². The lowest BCUT2D eigenvalue weighted by Gasteiger charge is -2.33. The molecule has 0 saturated heterocycles. The van der Waals surface area contributed by atoms with Crippen molar-refractivity contribution in [1.82, 2.24) is 19.8 Å². The van der Waals surface area contributed by atoms with Crippen LogP contribution in [0, 0.1) is 17.2 Å². The lowest BCUT2D eigenvalue weighted by molar-refractivity contribution is -0.121. The summed E-state index contributed by atoms with van der Waals surface area (Å²) < 4.78 is 7.23. The molecule has 1 heterocycles. The minimum absolute atomic E-state index is 0. The van der Waals surface area contributed by atoms with Crippen molar-refractivity contribution < 1.29 is 9.53 Å². The molecule has 0 spiro atoms. The summed E-state index contributed by atoms with van der Waals surface area (Å²) in [7, 11) is 1.62. The Morgan fingerprint density at radius 3 is 2.50 bits per heavy atom. The molecule has 12 heteroatoms. The summed E-state index contributed by atoms with van der Waals surface area (Å²) in [5, 5.41) is 17.1. The van der Waals surface area contributed by atoms with Crippen LogP contribution in [-0.4, -0.2) is 45.2 Å². The van der Waals surface area contributed by atoms with E-state index in [-0.39, 0.29) is 36.7 Å². The molecular weight excluding hydrogens is 663 g/mol. The fraction of sp³-hybridized carbons (Fsp3) is 0.294. The van der Waals surface area contributed by atoms with Crippen LogP contribution < -0.4 is 15.4 Å². The number of thiocarbonyl (C=S) groups is 1. The smallest absolute Gasteiger partial charge is 0.226 e. The van der Waals surface area contributed by atoms with Crippen LogP contribution in [0.4, 0.5) is 5.69 Å². The van der Waals surface area contributed by atoms with Gasteiger partial charge in [0.25, 0.3) is 0 Å². The lowest BCUT2D eigenvalue weighted by atomic mass is 9.98. The second-order valence-corrected chi connectivity index (χ2v) is 12.0. The Hall–Kier alpha value is -3.81. The number of amides is 1. The van der Waals surface area contributed by atoms with E-state index < -0.39 is 0 Å². The lowest BCUT2D eigenvalue weighted by Crippen LogP contribution is -2.50. The zero-order valence-electron chi connectivity index (χ0n) is 25.9. The van der Waals surface area contributed by atoms with E-state index in [1.807, 2.05) is 58.0 Å². The summed E-state index contributed by atoms with van der Waals surface area (Å²) in [5.41, 5.74) is 4.04. The number of halogens is 3. The minimum Gasteiger partial charge on any atom is -0.497 e. The largest absolute Gasteiger partial charge is 0.497 e. The van der Waals surface area contributed by atoms with Gasteiger partial charge in [0, 0.05) is 43.3 Å². The number of nitriles is 1. The Morgan fingerprint density at radius 2 is 1.85 bits per heavy atom. The van der Waals surface area contributed by atoms with Crippen LogP contribution in [0.3, 0.4) is 0 Å². The van der Waals surface area contributed by atoms with Crippen LogP contribution in [0.2, 0.25) is 10.0 Å². The van der Waals surface area contributed by atoms with Gasteiger partial charge in [0.05, 0.1) is 41.5 Å². The Morgan fingerprint density at radius 1 is 1.13 bits per heavy atom. The molecule has 8 nitrogen and oxygen atoms in total. The predicted molar refractivity (Wildman–Crippen MR) is 191 cm³/mol. The number of benzene rings is 3. The molecule has 242 valence electrons. The molecule has 4 aromatic rings. The summed E-state index contributed by atoms with van der Waals surface area (Å²) in [6, 6.07) is 22.3. The highest BCUT2D eigenvalue weighted by Gasteiger charge is 2.25. The van der Waals surface area contributed by atoms with Gasteiger partial charge in [-0.05, 0) is 71.7 Å². The maximum Gasteiger partial charge on any atom is 0.226 e. The van der Waals surface area contributed by atoms with Crippen LogP contribution in [0.25, 0.3) is 0 Å². The molecule has 0 aliphatic carbocycles. The van der Waals surface area contributed by atoms with E-state index in [1.54, 1.807) is 37.8 Å². The zero-order chi connectivity index (χ0) is 32.3. The SMILES string of the molecule is CC[C@H](C)[C@@H](CN(Cc1cccc(Cl)c1Cl)C(=S)Nc1ccc(OC)cc1)NC(=O)Cc1cncn1Cc1ccc(C#N)cc1.Cl. The number of hydrogen-bond acceptors (Lipinski definition) is 5. The number of nitrogens with one attached hydrogen (secondary N) is 2. The number of aromatic nitrogens is 2. The van der Waals surface area contributed by atoms with Gasteiger partial charge in [-0.1, -0.05) is 67.7 Å². The van der Waals surface area contributed by atoms with E-state index in [1.165, 1.54) is 0 Å². The quantitative estimate of drug-likeness (QED) is 0.140. The van der Waals surface area contributed by atoms with Crippen molar-refractivity contribution in [2.75, 3.05) is 19.0 Å². The van der Waals surface area contributed by atoms with Gasteiger partial charge in [-0.2, -0.15) is 5.26 Å². The highest BCUT2D eigenvalue weighted by atomic mass is 35.5. The second kappa shape index (κ2) is 17.8. The molecule has 1 amide bonds. The molecule has 0 aliphatic rings. The van der Waals surface area contributed by atoms with Crippen LogP contribution in [-0.2, 0) is 24.3 Å². The molecule has 0 unspecified atom stereocenters. The number of carbonyl (C=O) groups is 1. The Balaban J connectivity index is 0.00000576. The molecule has 46 heavy (non-hydrogen) atoms. The summed E-state index contributed by atoms with van der Waals surface area (Å²) in [6.07, 6.45) is 4.44. The molecule has 1 aromatic heterocycles. The van der Waals surface area contributed by atoms with E-state index >= 15 is 0 Å². The maximum absolute atomic E-state index is 13.5. The van der Waals surface area contributed by atoms with Crippen molar-refractivity contribution in [2.24, 2.45) is 5.92 Å². The number of nitrogens with zero attached hydrogens (tertiary/aromatic N) is 4. The Labute approximate surface area is 292 Å². The van der Waals surface area contributed by atoms with E-state index in [2.05, 4.69) is 35.5 Å². The third kappa shape index (κ3) is 10.1. The van der Waals surface area contributed by atoms with E-state index in [0.717, 1.165) is 34.7 Å². The van der Waals surface area contributed by atoms with E-state index in [0.29, 0.717) is 40.4 Å². The van der Waals surface area contributed by atoms with Gasteiger partial charge in [0.2, 0.25) is 5.91 Å². The average Bonchev–Trinajstić information content (AvgIpc) is 3.48. The normalized spacial score (nSPS) is 11.8. The number of imidazole rings is 1. The highest BCUT2D eigenvalue weighted by Crippen LogP contribution is 2.27. The van der Waals surface area contributed by atoms with Crippen LogP contribution in [0.5, 0.6) is 5.75 Å². The summed E-state index contributed by atoms with van der Waals surface area (Å²) in [6.45, 7) is 5.59. The van der Waals surface area contributed by atoms with Crippen LogP contribution in [0.15, 0.2) is 79.3 Å². The van der Waals surface area contributed by atoms with Gasteiger partial charge < -0.3 is 24.8 Å². The average molecular weight is 700 g/mol. The molecule has 3 aromatic carbocycles. The van der Waals surface area contributed by atoms with Crippen molar-refractivity contribution in [2.45, 2.75) is 45.8 Å². The summed E-state index contributed by atoms with van der Waals surface area (Å²) in [4.78, 5) is 19.8. The topological polar surface area (TPSA) is 95.2 Å². The highest BCUT2D eigenvalue weighted by molar-refractivity contribution is 7.80. The second-order valence-electron chi connectivity index (χ2n) is 10.8. The third-order valence-corrected chi connectivity index (χ3v) is 8.91. The number of carbonyl (C=O) groups excluding carboxylic acids is 1. The van der Waals surface area contributed by atoms with Gasteiger partial charge in [0.1, 0.15) is 5.75 Å². The predicted octanol–water partition coefficient (Wildman–Crippen LogP) is 7.51. The monoisotopic (exact) mass is 698 g/mol. The van der Waals surface area contributed by atoms with E-state index in [4.69, 9.17) is 45.4 Å². The first-order valence-corrected chi connectivity index (χ1v) is 15.8. The van der Waals surface area contributed by atoms with Crippen molar-refractivity contribution in [1.29, 1.82) is 5.26 Å². The zero-order valence-corrected chi connectivity index (χ0v) is 29.0. The van der Waals surface area contributed by atoms with E-state index in [9.17, 15) is 4.79 Å². The van der Waals surface area contributed by atoms with Crippen molar-refractivity contribution in [3.05, 3.63) is 112 Å². The van der Waals surface area contributed by atoms with Crippen molar-refractivity contribution in [3.63, 3.8) is 0 Å². The standard InChI is InChI=1S/C34H36Cl2N6O2S.ClH/c1-4-23(2)31(40-32(43)16-28-18-38-22-42(28)19-25-10-8-24(17-37)9-11-25)21-41(20-26-6-5-7-30(35)33(26)36)34(45)39-27-12-14-29(44-3)15-13-27;/h5-15,18,22-23,31H,4,16,19-21H2,1-3H3,(H,39,45)(H,40,43);1H/t23-,31+;/m0./s1. The molecule has 0 fully saturated rings. The molecule has 0 bridgehead atoms. The number of hydrogen-bond donors (Lipinski definition) is 2. The van der Waals surface area contributed by atoms with Gasteiger partial charge in [-0.25, -0.2) is 4.98 Å². The van der Waals surface area contributed by atoms with Crippen molar-refractivity contribution in [3.8, 4) is 11.8 Å². The number of methoxy groups -OCH3 is 1. The molecule has 0 aliphatic heterocycles. The minimum atomic E-state index is -0.217. The number of anilines is 1. The maximum atomic E-state index is 13.5. The van der Waals surface area contributed by atoms with Gasteiger partial charge in [0.15, 0.2) is 5.11 Å². The molecular formula is C34H37Cl3N6O2S. The number of rotatable bonds is 13. The number of ether oxygens (including phenoxy) is 1. The van der Waals surface area contributed by atoms with Crippen LogP contribution >= 0.6 is 47.8 Å². The van der Waals surface area contributed by atoms with Crippen molar-refractivity contribution >= 4 is 64.5 Å².